The molecule has 0 unspecified atom stereocenters. The Balaban J connectivity index is 2.12. The van der Waals surface area contributed by atoms with Crippen molar-refractivity contribution in [2.75, 3.05) is 20.1 Å². The highest BCUT2D eigenvalue weighted by Gasteiger charge is 2.25. The van der Waals surface area contributed by atoms with Crippen molar-refractivity contribution in [3.8, 4) is 0 Å². The second kappa shape index (κ2) is 3.95. The first-order valence-electron chi connectivity index (χ1n) is 6.38. The summed E-state index contributed by atoms with van der Waals surface area (Å²) in [5.41, 5.74) is 3.89. The number of rotatable bonds is 1. The Morgan fingerprint density at radius 3 is 3.00 bits per heavy atom. The Hall–Kier alpha value is -1.61. The minimum absolute atomic E-state index is 0.230. The van der Waals surface area contributed by atoms with E-state index in [1.165, 1.54) is 16.5 Å². The van der Waals surface area contributed by atoms with Gasteiger partial charge < -0.3 is 9.88 Å². The number of hydrogen-bond donors (Lipinski definition) is 1. The van der Waals surface area contributed by atoms with E-state index in [-0.39, 0.29) is 5.41 Å². The molecule has 1 aliphatic heterocycles. The second-order valence-electron chi connectivity index (χ2n) is 5.93. The predicted molar refractivity (Wildman–Crippen MR) is 75.3 cm³/mol. The molecule has 2 aromatic heterocycles. The zero-order valence-corrected chi connectivity index (χ0v) is 11.2. The van der Waals surface area contributed by atoms with Crippen molar-refractivity contribution in [2.24, 2.45) is 5.41 Å². The van der Waals surface area contributed by atoms with E-state index in [0.717, 1.165) is 18.7 Å². The van der Waals surface area contributed by atoms with Gasteiger partial charge in [-0.15, -0.1) is 0 Å². The number of likely N-dealkylation sites (N-methyl/N-ethyl adjacent to an activating group) is 1. The quantitative estimate of drug-likeness (QED) is 0.832. The standard InChI is InChI=1S/C15H19N3/c1-15(2)7-11(9-18(3)10-15)13-8-17-14-12(13)5-4-6-16-14/h4-8H,9-10H2,1-3H3,(H,16,17). The van der Waals surface area contributed by atoms with Gasteiger partial charge in [-0.2, -0.15) is 0 Å². The Morgan fingerprint density at radius 2 is 2.22 bits per heavy atom. The molecule has 0 aliphatic carbocycles. The molecule has 3 heteroatoms. The van der Waals surface area contributed by atoms with Crippen LogP contribution in [0.2, 0.25) is 0 Å². The summed E-state index contributed by atoms with van der Waals surface area (Å²) in [6.07, 6.45) is 6.31. The minimum atomic E-state index is 0.230. The van der Waals surface area contributed by atoms with Crippen LogP contribution in [-0.4, -0.2) is 35.0 Å². The van der Waals surface area contributed by atoms with E-state index in [1.54, 1.807) is 0 Å². The molecule has 0 radical (unpaired) electrons. The summed E-state index contributed by atoms with van der Waals surface area (Å²) in [7, 11) is 2.18. The molecule has 1 N–H and O–H groups in total. The molecular weight excluding hydrogens is 222 g/mol. The number of nitrogens with zero attached hydrogens (tertiary/aromatic N) is 2. The van der Waals surface area contributed by atoms with Gasteiger partial charge in [-0.25, -0.2) is 4.98 Å². The van der Waals surface area contributed by atoms with Crippen molar-refractivity contribution in [2.45, 2.75) is 13.8 Å². The highest BCUT2D eigenvalue weighted by atomic mass is 15.1. The van der Waals surface area contributed by atoms with Gasteiger partial charge in [-0.05, 0) is 30.2 Å². The molecule has 0 saturated carbocycles. The summed E-state index contributed by atoms with van der Waals surface area (Å²) >= 11 is 0. The maximum Gasteiger partial charge on any atom is 0.137 e. The van der Waals surface area contributed by atoms with Gasteiger partial charge in [-0.3, -0.25) is 0 Å². The van der Waals surface area contributed by atoms with Crippen LogP contribution in [0.5, 0.6) is 0 Å². The number of pyridine rings is 1. The highest BCUT2D eigenvalue weighted by Crippen LogP contribution is 2.33. The molecule has 3 rings (SSSR count). The molecule has 0 fully saturated rings. The van der Waals surface area contributed by atoms with Gasteiger partial charge in [-0.1, -0.05) is 19.9 Å². The van der Waals surface area contributed by atoms with Crippen molar-refractivity contribution in [3.05, 3.63) is 36.2 Å². The van der Waals surface area contributed by atoms with Gasteiger partial charge in [0, 0.05) is 36.4 Å². The molecule has 3 heterocycles. The second-order valence-corrected chi connectivity index (χ2v) is 5.93. The third-order valence-corrected chi connectivity index (χ3v) is 3.48. The first-order chi connectivity index (χ1) is 8.55. The zero-order chi connectivity index (χ0) is 12.8. The molecule has 2 aromatic rings. The van der Waals surface area contributed by atoms with Gasteiger partial charge in [0.25, 0.3) is 0 Å². The lowest BCUT2D eigenvalue weighted by Crippen LogP contribution is -2.35. The van der Waals surface area contributed by atoms with Crippen LogP contribution < -0.4 is 0 Å². The summed E-state index contributed by atoms with van der Waals surface area (Å²) in [4.78, 5) is 9.99. The number of fused-ring (bicyclic) bond motifs is 1. The third-order valence-electron chi connectivity index (χ3n) is 3.48. The van der Waals surface area contributed by atoms with Crippen LogP contribution in [0.1, 0.15) is 19.4 Å². The Labute approximate surface area is 108 Å². The van der Waals surface area contributed by atoms with Gasteiger partial charge in [0.2, 0.25) is 0 Å². The number of aromatic nitrogens is 2. The third kappa shape index (κ3) is 1.95. The maximum atomic E-state index is 4.36. The number of aromatic amines is 1. The van der Waals surface area contributed by atoms with E-state index < -0.39 is 0 Å². The van der Waals surface area contributed by atoms with E-state index >= 15 is 0 Å². The summed E-state index contributed by atoms with van der Waals surface area (Å²) in [6, 6.07) is 4.13. The number of nitrogens with one attached hydrogen (secondary N) is 1. The highest BCUT2D eigenvalue weighted by molar-refractivity contribution is 5.91. The SMILES string of the molecule is CN1CC(c2c[nH]c3ncccc23)=CC(C)(C)C1. The van der Waals surface area contributed by atoms with Crippen molar-refractivity contribution in [1.82, 2.24) is 14.9 Å². The minimum Gasteiger partial charge on any atom is -0.346 e. The van der Waals surface area contributed by atoms with Crippen LogP contribution in [0.25, 0.3) is 16.6 Å². The molecule has 0 amide bonds. The molecule has 1 aliphatic rings. The molecule has 94 valence electrons. The lowest BCUT2D eigenvalue weighted by atomic mass is 9.85. The van der Waals surface area contributed by atoms with Gasteiger partial charge in [0.15, 0.2) is 0 Å². The van der Waals surface area contributed by atoms with Crippen LogP contribution in [-0.2, 0) is 0 Å². The predicted octanol–water partition coefficient (Wildman–Crippen LogP) is 2.92. The molecular formula is C15H19N3. The van der Waals surface area contributed by atoms with E-state index in [2.05, 4.69) is 54.1 Å². The number of H-pyrrole nitrogens is 1. The molecule has 3 nitrogen and oxygen atoms in total. The molecule has 0 spiro atoms. The van der Waals surface area contributed by atoms with Crippen LogP contribution in [0.4, 0.5) is 0 Å². The summed E-state index contributed by atoms with van der Waals surface area (Å²) in [6.45, 7) is 6.69. The molecule has 0 saturated heterocycles. The lowest BCUT2D eigenvalue weighted by molar-refractivity contribution is 0.259. The summed E-state index contributed by atoms with van der Waals surface area (Å²) in [5, 5.41) is 1.22. The Morgan fingerprint density at radius 1 is 1.39 bits per heavy atom. The summed E-state index contributed by atoms with van der Waals surface area (Å²) in [5.74, 6) is 0. The fourth-order valence-corrected chi connectivity index (χ4v) is 2.99. The van der Waals surface area contributed by atoms with E-state index in [1.807, 2.05) is 12.3 Å². The topological polar surface area (TPSA) is 31.9 Å². The van der Waals surface area contributed by atoms with Gasteiger partial charge in [0.05, 0.1) is 0 Å². The molecule has 0 atom stereocenters. The normalized spacial score (nSPS) is 20.1. The monoisotopic (exact) mass is 241 g/mol. The maximum absolute atomic E-state index is 4.36. The molecule has 0 bridgehead atoms. The molecule has 0 aromatic carbocycles. The van der Waals surface area contributed by atoms with E-state index in [0.29, 0.717) is 0 Å². The van der Waals surface area contributed by atoms with Crippen LogP contribution >= 0.6 is 0 Å². The van der Waals surface area contributed by atoms with Crippen LogP contribution in [0.15, 0.2) is 30.6 Å². The van der Waals surface area contributed by atoms with Gasteiger partial charge in [0.1, 0.15) is 5.65 Å². The van der Waals surface area contributed by atoms with Crippen molar-refractivity contribution in [1.29, 1.82) is 0 Å². The zero-order valence-electron chi connectivity index (χ0n) is 11.2. The summed E-state index contributed by atoms with van der Waals surface area (Å²) < 4.78 is 0. The van der Waals surface area contributed by atoms with Crippen molar-refractivity contribution < 1.29 is 0 Å². The van der Waals surface area contributed by atoms with Crippen molar-refractivity contribution >= 4 is 16.6 Å². The fourth-order valence-electron chi connectivity index (χ4n) is 2.99. The van der Waals surface area contributed by atoms with Crippen LogP contribution in [0.3, 0.4) is 0 Å². The average Bonchev–Trinajstić information content (AvgIpc) is 2.69. The first kappa shape index (κ1) is 11.5. The first-order valence-corrected chi connectivity index (χ1v) is 6.38. The largest absolute Gasteiger partial charge is 0.346 e. The number of hydrogen-bond acceptors (Lipinski definition) is 2. The fraction of sp³-hybridized carbons (Fsp3) is 0.400. The Bertz CT molecular complexity index is 607. The molecule has 18 heavy (non-hydrogen) atoms. The average molecular weight is 241 g/mol. The van der Waals surface area contributed by atoms with E-state index in [9.17, 15) is 0 Å². The Kier molecular flexibility index (Phi) is 2.52. The smallest absolute Gasteiger partial charge is 0.137 e. The van der Waals surface area contributed by atoms with E-state index in [4.69, 9.17) is 0 Å². The van der Waals surface area contributed by atoms with Gasteiger partial charge >= 0.3 is 0 Å². The lowest BCUT2D eigenvalue weighted by Gasteiger charge is -2.34. The van der Waals surface area contributed by atoms with Crippen molar-refractivity contribution in [3.63, 3.8) is 0 Å². The van der Waals surface area contributed by atoms with Crippen LogP contribution in [0, 0.1) is 5.41 Å².